The molecule has 96 valence electrons. The van der Waals surface area contributed by atoms with E-state index in [1.54, 1.807) is 6.26 Å². The summed E-state index contributed by atoms with van der Waals surface area (Å²) in [5, 5.41) is 3.30. The first-order chi connectivity index (χ1) is 8.54. The number of halogens is 2. The SMILES string of the molecule is CNC(c1cc(Br)c(C)cc1Br)c1occc1C. The third kappa shape index (κ3) is 2.56. The highest BCUT2D eigenvalue weighted by atomic mass is 79.9. The molecular formula is C14H15Br2NO. The summed E-state index contributed by atoms with van der Waals surface area (Å²) in [6.45, 7) is 4.13. The molecule has 0 aliphatic carbocycles. The van der Waals surface area contributed by atoms with Crippen LogP contribution in [-0.2, 0) is 0 Å². The van der Waals surface area contributed by atoms with E-state index in [1.807, 2.05) is 13.1 Å². The maximum absolute atomic E-state index is 5.60. The summed E-state index contributed by atoms with van der Waals surface area (Å²) < 4.78 is 7.78. The quantitative estimate of drug-likeness (QED) is 0.842. The van der Waals surface area contributed by atoms with Gasteiger partial charge in [-0.1, -0.05) is 31.9 Å². The Morgan fingerprint density at radius 3 is 2.39 bits per heavy atom. The number of hydrogen-bond acceptors (Lipinski definition) is 2. The molecule has 0 fully saturated rings. The van der Waals surface area contributed by atoms with Crippen molar-refractivity contribution in [1.29, 1.82) is 0 Å². The first kappa shape index (κ1) is 13.8. The van der Waals surface area contributed by atoms with Crippen molar-refractivity contribution < 1.29 is 4.42 Å². The van der Waals surface area contributed by atoms with Gasteiger partial charge in [0, 0.05) is 8.95 Å². The second-order valence-corrected chi connectivity index (χ2v) is 6.02. The standard InChI is InChI=1S/C14H15Br2NO/c1-8-4-5-18-14(8)13(17-3)10-7-11(15)9(2)6-12(10)16/h4-7,13,17H,1-3H3. The van der Waals surface area contributed by atoms with Crippen molar-refractivity contribution in [2.45, 2.75) is 19.9 Å². The maximum atomic E-state index is 5.60. The molecule has 4 heteroatoms. The molecule has 0 bridgehead atoms. The number of benzene rings is 1. The predicted octanol–water partition coefficient (Wildman–Crippen LogP) is 4.73. The number of aryl methyl sites for hydroxylation is 2. The first-order valence-electron chi connectivity index (χ1n) is 5.71. The van der Waals surface area contributed by atoms with Crippen LogP contribution in [0.15, 0.2) is 37.8 Å². The second-order valence-electron chi connectivity index (χ2n) is 4.31. The molecule has 0 spiro atoms. The molecule has 0 radical (unpaired) electrons. The summed E-state index contributed by atoms with van der Waals surface area (Å²) in [5.41, 5.74) is 3.52. The van der Waals surface area contributed by atoms with E-state index in [4.69, 9.17) is 4.42 Å². The zero-order valence-corrected chi connectivity index (χ0v) is 13.7. The molecule has 2 rings (SSSR count). The van der Waals surface area contributed by atoms with Crippen LogP contribution in [0.5, 0.6) is 0 Å². The van der Waals surface area contributed by atoms with Gasteiger partial charge in [0.25, 0.3) is 0 Å². The summed E-state index contributed by atoms with van der Waals surface area (Å²) in [5.74, 6) is 0.953. The lowest BCUT2D eigenvalue weighted by Gasteiger charge is -2.18. The van der Waals surface area contributed by atoms with Crippen molar-refractivity contribution in [2.75, 3.05) is 7.05 Å². The fourth-order valence-corrected chi connectivity index (χ4v) is 3.04. The van der Waals surface area contributed by atoms with Crippen LogP contribution in [0.1, 0.15) is 28.5 Å². The van der Waals surface area contributed by atoms with Gasteiger partial charge >= 0.3 is 0 Å². The van der Waals surface area contributed by atoms with Crippen LogP contribution in [0.3, 0.4) is 0 Å². The van der Waals surface area contributed by atoms with Crippen molar-refractivity contribution in [3.05, 3.63) is 55.9 Å². The fraction of sp³-hybridized carbons (Fsp3) is 0.286. The Kier molecular flexibility index (Phi) is 4.30. The summed E-state index contributed by atoms with van der Waals surface area (Å²) >= 11 is 7.21. The number of nitrogens with one attached hydrogen (secondary N) is 1. The van der Waals surface area contributed by atoms with Crippen LogP contribution in [0.4, 0.5) is 0 Å². The predicted molar refractivity (Wildman–Crippen MR) is 80.9 cm³/mol. The third-order valence-electron chi connectivity index (χ3n) is 3.04. The minimum Gasteiger partial charge on any atom is -0.467 e. The lowest BCUT2D eigenvalue weighted by molar-refractivity contribution is 0.459. The van der Waals surface area contributed by atoms with E-state index in [-0.39, 0.29) is 6.04 Å². The van der Waals surface area contributed by atoms with Gasteiger partial charge in [-0.05, 0) is 55.8 Å². The Labute approximate surface area is 124 Å². The van der Waals surface area contributed by atoms with E-state index in [0.29, 0.717) is 0 Å². The van der Waals surface area contributed by atoms with Crippen LogP contribution in [-0.4, -0.2) is 7.05 Å². The molecule has 2 nitrogen and oxygen atoms in total. The molecule has 1 unspecified atom stereocenters. The average Bonchev–Trinajstić information content (AvgIpc) is 2.73. The van der Waals surface area contributed by atoms with E-state index in [1.165, 1.54) is 5.56 Å². The Bertz CT molecular complexity index is 563. The molecule has 1 aromatic carbocycles. The van der Waals surface area contributed by atoms with Gasteiger partial charge in [0.2, 0.25) is 0 Å². The highest BCUT2D eigenvalue weighted by Crippen LogP contribution is 2.34. The number of furan rings is 1. The molecular weight excluding hydrogens is 358 g/mol. The molecule has 0 aliphatic heterocycles. The smallest absolute Gasteiger partial charge is 0.128 e. The third-order valence-corrected chi connectivity index (χ3v) is 4.58. The molecule has 0 saturated carbocycles. The van der Waals surface area contributed by atoms with Gasteiger partial charge in [0.15, 0.2) is 0 Å². The summed E-state index contributed by atoms with van der Waals surface area (Å²) in [6, 6.07) is 6.27. The van der Waals surface area contributed by atoms with Crippen molar-refractivity contribution in [3.63, 3.8) is 0 Å². The molecule has 1 N–H and O–H groups in total. The second kappa shape index (κ2) is 5.59. The Hall–Kier alpha value is -0.580. The molecule has 0 aliphatic rings. The van der Waals surface area contributed by atoms with Gasteiger partial charge in [0.1, 0.15) is 5.76 Å². The largest absolute Gasteiger partial charge is 0.467 e. The normalized spacial score (nSPS) is 12.7. The monoisotopic (exact) mass is 371 g/mol. The van der Waals surface area contributed by atoms with Gasteiger partial charge in [0.05, 0.1) is 12.3 Å². The van der Waals surface area contributed by atoms with Crippen LogP contribution < -0.4 is 5.32 Å². The first-order valence-corrected chi connectivity index (χ1v) is 7.30. The highest BCUT2D eigenvalue weighted by molar-refractivity contribution is 9.11. The minimum atomic E-state index is 0.0475. The Balaban J connectivity index is 2.52. The van der Waals surface area contributed by atoms with Crippen LogP contribution in [0, 0.1) is 13.8 Å². The van der Waals surface area contributed by atoms with Crippen molar-refractivity contribution in [3.8, 4) is 0 Å². The molecule has 0 amide bonds. The van der Waals surface area contributed by atoms with Gasteiger partial charge in [-0.15, -0.1) is 0 Å². The molecule has 1 atom stereocenters. The van der Waals surface area contributed by atoms with E-state index >= 15 is 0 Å². The highest BCUT2D eigenvalue weighted by Gasteiger charge is 2.20. The lowest BCUT2D eigenvalue weighted by Crippen LogP contribution is -2.18. The lowest BCUT2D eigenvalue weighted by atomic mass is 10.0. The Morgan fingerprint density at radius 1 is 1.11 bits per heavy atom. The van der Waals surface area contributed by atoms with E-state index in [0.717, 1.165) is 25.8 Å². The summed E-state index contributed by atoms with van der Waals surface area (Å²) in [4.78, 5) is 0. The van der Waals surface area contributed by atoms with Gasteiger partial charge < -0.3 is 9.73 Å². The minimum absolute atomic E-state index is 0.0475. The molecule has 2 aromatic rings. The summed E-state index contributed by atoms with van der Waals surface area (Å²) in [6.07, 6.45) is 1.73. The van der Waals surface area contributed by atoms with E-state index in [2.05, 4.69) is 63.2 Å². The van der Waals surface area contributed by atoms with Crippen LogP contribution in [0.2, 0.25) is 0 Å². The molecule has 18 heavy (non-hydrogen) atoms. The van der Waals surface area contributed by atoms with E-state index in [9.17, 15) is 0 Å². The van der Waals surface area contributed by atoms with Crippen molar-refractivity contribution in [1.82, 2.24) is 5.32 Å². The van der Waals surface area contributed by atoms with Crippen molar-refractivity contribution in [2.24, 2.45) is 0 Å². The average molecular weight is 373 g/mol. The zero-order valence-electron chi connectivity index (χ0n) is 10.6. The van der Waals surface area contributed by atoms with Crippen LogP contribution >= 0.6 is 31.9 Å². The maximum Gasteiger partial charge on any atom is 0.128 e. The fourth-order valence-electron chi connectivity index (χ4n) is 1.99. The Morgan fingerprint density at radius 2 is 1.83 bits per heavy atom. The number of rotatable bonds is 3. The summed E-state index contributed by atoms with van der Waals surface area (Å²) in [7, 11) is 1.94. The molecule has 0 saturated heterocycles. The van der Waals surface area contributed by atoms with Crippen molar-refractivity contribution >= 4 is 31.9 Å². The van der Waals surface area contributed by atoms with E-state index < -0.39 is 0 Å². The van der Waals surface area contributed by atoms with Gasteiger partial charge in [-0.2, -0.15) is 0 Å². The number of hydrogen-bond donors (Lipinski definition) is 1. The van der Waals surface area contributed by atoms with Gasteiger partial charge in [-0.25, -0.2) is 0 Å². The van der Waals surface area contributed by atoms with Crippen LogP contribution in [0.25, 0.3) is 0 Å². The van der Waals surface area contributed by atoms with Gasteiger partial charge in [-0.3, -0.25) is 0 Å². The molecule has 1 heterocycles. The zero-order chi connectivity index (χ0) is 13.3. The molecule has 1 aromatic heterocycles. The topological polar surface area (TPSA) is 25.2 Å².